The van der Waals surface area contributed by atoms with Crippen molar-refractivity contribution in [3.05, 3.63) is 53.1 Å². The number of fused-ring (bicyclic) bond motifs is 1. The summed E-state index contributed by atoms with van der Waals surface area (Å²) in [5, 5.41) is 8.74. The van der Waals surface area contributed by atoms with Crippen LogP contribution < -0.4 is 5.32 Å². The van der Waals surface area contributed by atoms with E-state index in [1.165, 1.54) is 12.1 Å². The molecule has 2 heterocycles. The second kappa shape index (κ2) is 5.16. The first-order valence-electron chi connectivity index (χ1n) is 6.83. The van der Waals surface area contributed by atoms with E-state index in [1.54, 1.807) is 10.7 Å². The van der Waals surface area contributed by atoms with Gasteiger partial charge in [-0.1, -0.05) is 0 Å². The van der Waals surface area contributed by atoms with Crippen molar-refractivity contribution in [1.82, 2.24) is 14.8 Å². The summed E-state index contributed by atoms with van der Waals surface area (Å²) in [7, 11) is 1.89. The molecule has 3 aromatic rings. The highest BCUT2D eigenvalue weighted by Crippen LogP contribution is 2.19. The third kappa shape index (κ3) is 2.59. The van der Waals surface area contributed by atoms with E-state index in [0.717, 1.165) is 33.5 Å². The zero-order chi connectivity index (χ0) is 15.0. The minimum absolute atomic E-state index is 0.216. The van der Waals surface area contributed by atoms with Crippen molar-refractivity contribution in [3.8, 4) is 0 Å². The molecular formula is C16H17FN4. The van der Waals surface area contributed by atoms with E-state index in [2.05, 4.69) is 21.5 Å². The van der Waals surface area contributed by atoms with Crippen LogP contribution in [0.3, 0.4) is 0 Å². The number of rotatable bonds is 3. The summed E-state index contributed by atoms with van der Waals surface area (Å²) in [4.78, 5) is 4.45. The minimum Gasteiger partial charge on any atom is -0.381 e. The van der Waals surface area contributed by atoms with Gasteiger partial charge in [0.05, 0.1) is 5.69 Å². The third-order valence-corrected chi connectivity index (χ3v) is 3.59. The molecule has 0 spiro atoms. The highest BCUT2D eigenvalue weighted by Gasteiger charge is 2.07. The smallest absolute Gasteiger partial charge is 0.157 e. The SMILES string of the molecule is Cc1cc(F)ccc1NCc1cnc2c(c1)c(C)nn2C. The predicted octanol–water partition coefficient (Wildman–Crippen LogP) is 3.34. The Labute approximate surface area is 122 Å². The number of nitrogens with one attached hydrogen (secondary N) is 1. The maximum atomic E-state index is 13.1. The molecule has 5 heteroatoms. The molecule has 108 valence electrons. The standard InChI is InChI=1S/C16H17FN4/c1-10-6-13(17)4-5-15(10)18-8-12-7-14-11(2)20-21(3)16(14)19-9-12/h4-7,9,18H,8H2,1-3H3. The summed E-state index contributed by atoms with van der Waals surface area (Å²) in [6.45, 7) is 4.51. The number of nitrogens with zero attached hydrogens (tertiary/aromatic N) is 3. The molecule has 4 nitrogen and oxygen atoms in total. The Kier molecular flexibility index (Phi) is 3.33. The van der Waals surface area contributed by atoms with Crippen molar-refractivity contribution in [1.29, 1.82) is 0 Å². The second-order valence-corrected chi connectivity index (χ2v) is 5.24. The summed E-state index contributed by atoms with van der Waals surface area (Å²) in [6, 6.07) is 6.83. The molecule has 0 aliphatic heterocycles. The molecule has 0 saturated heterocycles. The lowest BCUT2D eigenvalue weighted by Crippen LogP contribution is -2.02. The van der Waals surface area contributed by atoms with Crippen LogP contribution >= 0.6 is 0 Å². The topological polar surface area (TPSA) is 42.7 Å². The maximum Gasteiger partial charge on any atom is 0.157 e. The first-order valence-corrected chi connectivity index (χ1v) is 6.83. The van der Waals surface area contributed by atoms with Gasteiger partial charge >= 0.3 is 0 Å². The molecule has 0 radical (unpaired) electrons. The highest BCUT2D eigenvalue weighted by atomic mass is 19.1. The van der Waals surface area contributed by atoms with Gasteiger partial charge in [-0.25, -0.2) is 9.37 Å². The lowest BCUT2D eigenvalue weighted by Gasteiger charge is -2.09. The molecule has 0 bridgehead atoms. The fourth-order valence-corrected chi connectivity index (χ4v) is 2.47. The Morgan fingerprint density at radius 2 is 2.05 bits per heavy atom. The third-order valence-electron chi connectivity index (χ3n) is 3.59. The van der Waals surface area contributed by atoms with Crippen LogP contribution in [0.25, 0.3) is 11.0 Å². The first-order chi connectivity index (χ1) is 10.0. The molecule has 0 amide bonds. The normalized spacial score (nSPS) is 11.0. The maximum absolute atomic E-state index is 13.1. The zero-order valence-corrected chi connectivity index (χ0v) is 12.3. The van der Waals surface area contributed by atoms with Gasteiger partial charge in [0, 0.05) is 30.9 Å². The average molecular weight is 284 g/mol. The van der Waals surface area contributed by atoms with Gasteiger partial charge in [0.15, 0.2) is 5.65 Å². The van der Waals surface area contributed by atoms with E-state index < -0.39 is 0 Å². The number of benzene rings is 1. The molecule has 0 aliphatic rings. The van der Waals surface area contributed by atoms with E-state index in [9.17, 15) is 4.39 Å². The van der Waals surface area contributed by atoms with Crippen LogP contribution in [0.5, 0.6) is 0 Å². The molecule has 2 aromatic heterocycles. The van der Waals surface area contributed by atoms with Crippen LogP contribution in [0.2, 0.25) is 0 Å². The van der Waals surface area contributed by atoms with Crippen LogP contribution in [-0.2, 0) is 13.6 Å². The van der Waals surface area contributed by atoms with Crippen molar-refractivity contribution in [2.24, 2.45) is 7.05 Å². The number of aromatic nitrogens is 3. The van der Waals surface area contributed by atoms with E-state index in [1.807, 2.05) is 27.1 Å². The van der Waals surface area contributed by atoms with Crippen molar-refractivity contribution in [3.63, 3.8) is 0 Å². The van der Waals surface area contributed by atoms with Gasteiger partial charge in [0.1, 0.15) is 5.82 Å². The van der Waals surface area contributed by atoms with Crippen LogP contribution in [-0.4, -0.2) is 14.8 Å². The Bertz CT molecular complexity index is 807. The number of aryl methyl sites for hydroxylation is 3. The molecule has 1 N–H and O–H groups in total. The van der Waals surface area contributed by atoms with Crippen LogP contribution in [0.1, 0.15) is 16.8 Å². The molecule has 0 unspecified atom stereocenters. The van der Waals surface area contributed by atoms with Crippen molar-refractivity contribution < 1.29 is 4.39 Å². The Hall–Kier alpha value is -2.43. The molecule has 3 rings (SSSR count). The number of anilines is 1. The Morgan fingerprint density at radius 3 is 2.81 bits per heavy atom. The van der Waals surface area contributed by atoms with Gasteiger partial charge in [-0.3, -0.25) is 4.68 Å². The molecule has 1 aromatic carbocycles. The summed E-state index contributed by atoms with van der Waals surface area (Å²) in [5.74, 6) is -0.216. The summed E-state index contributed by atoms with van der Waals surface area (Å²) < 4.78 is 14.9. The lowest BCUT2D eigenvalue weighted by atomic mass is 10.1. The summed E-state index contributed by atoms with van der Waals surface area (Å²) >= 11 is 0. The van der Waals surface area contributed by atoms with Gasteiger partial charge in [-0.15, -0.1) is 0 Å². The van der Waals surface area contributed by atoms with Crippen LogP contribution in [0.15, 0.2) is 30.5 Å². The fraction of sp³-hybridized carbons (Fsp3) is 0.250. The largest absolute Gasteiger partial charge is 0.381 e. The molecule has 0 fully saturated rings. The molecule has 21 heavy (non-hydrogen) atoms. The van der Waals surface area contributed by atoms with E-state index in [4.69, 9.17) is 0 Å². The van der Waals surface area contributed by atoms with E-state index >= 15 is 0 Å². The first kappa shape index (κ1) is 13.5. The van der Waals surface area contributed by atoms with Crippen molar-refractivity contribution in [2.75, 3.05) is 5.32 Å². The van der Waals surface area contributed by atoms with Gasteiger partial charge in [0.25, 0.3) is 0 Å². The number of pyridine rings is 1. The van der Waals surface area contributed by atoms with E-state index in [-0.39, 0.29) is 5.82 Å². The molecule has 0 aliphatic carbocycles. The Morgan fingerprint density at radius 1 is 1.24 bits per heavy atom. The predicted molar refractivity (Wildman–Crippen MR) is 81.7 cm³/mol. The fourth-order valence-electron chi connectivity index (χ4n) is 2.47. The second-order valence-electron chi connectivity index (χ2n) is 5.24. The Balaban J connectivity index is 1.83. The monoisotopic (exact) mass is 284 g/mol. The minimum atomic E-state index is -0.216. The quantitative estimate of drug-likeness (QED) is 0.802. The lowest BCUT2D eigenvalue weighted by molar-refractivity contribution is 0.627. The van der Waals surface area contributed by atoms with Crippen molar-refractivity contribution >= 4 is 16.7 Å². The van der Waals surface area contributed by atoms with Crippen LogP contribution in [0.4, 0.5) is 10.1 Å². The number of hydrogen-bond donors (Lipinski definition) is 1. The van der Waals surface area contributed by atoms with Gasteiger partial charge < -0.3 is 5.32 Å². The summed E-state index contributed by atoms with van der Waals surface area (Å²) in [6.07, 6.45) is 1.84. The van der Waals surface area contributed by atoms with Crippen molar-refractivity contribution in [2.45, 2.75) is 20.4 Å². The number of hydrogen-bond acceptors (Lipinski definition) is 3. The van der Waals surface area contributed by atoms with E-state index in [0.29, 0.717) is 6.54 Å². The zero-order valence-electron chi connectivity index (χ0n) is 12.3. The van der Waals surface area contributed by atoms with Crippen LogP contribution in [0, 0.1) is 19.7 Å². The molecule has 0 saturated carbocycles. The summed E-state index contributed by atoms with van der Waals surface area (Å²) in [5.41, 5.74) is 4.75. The van der Waals surface area contributed by atoms with Gasteiger partial charge in [-0.05, 0) is 49.2 Å². The van der Waals surface area contributed by atoms with Gasteiger partial charge in [0.2, 0.25) is 0 Å². The molecular weight excluding hydrogens is 267 g/mol. The molecule has 0 atom stereocenters. The highest BCUT2D eigenvalue weighted by molar-refractivity contribution is 5.78. The van der Waals surface area contributed by atoms with Gasteiger partial charge in [-0.2, -0.15) is 5.10 Å². The number of halogens is 1. The average Bonchev–Trinajstić information content (AvgIpc) is 2.73.